The van der Waals surface area contributed by atoms with E-state index in [1.807, 2.05) is 0 Å². The zero-order chi connectivity index (χ0) is 18.9. The third-order valence-corrected chi connectivity index (χ3v) is 6.88. The van der Waals surface area contributed by atoms with Gasteiger partial charge in [0.25, 0.3) is 0 Å². The smallest absolute Gasteiger partial charge is 0.243 e. The molecule has 1 heterocycles. The molecule has 0 spiro atoms. The van der Waals surface area contributed by atoms with Crippen molar-refractivity contribution >= 4 is 49.1 Å². The minimum atomic E-state index is -3.80. The Bertz CT molecular complexity index is 938. The molecular formula is C17H15BrClFN2O3S. The zero-order valence-corrected chi connectivity index (χ0v) is 16.6. The van der Waals surface area contributed by atoms with Crippen molar-refractivity contribution in [3.05, 3.63) is 57.8 Å². The van der Waals surface area contributed by atoms with Crippen LogP contribution in [0.15, 0.2) is 51.8 Å². The number of nitrogens with one attached hydrogen (secondary N) is 1. The van der Waals surface area contributed by atoms with Gasteiger partial charge in [0, 0.05) is 11.0 Å². The van der Waals surface area contributed by atoms with E-state index in [2.05, 4.69) is 21.2 Å². The summed E-state index contributed by atoms with van der Waals surface area (Å²) in [5.74, 6) is -1.01. The summed E-state index contributed by atoms with van der Waals surface area (Å²) in [5.41, 5.74) is 0.242. The molecular weight excluding hydrogens is 447 g/mol. The highest BCUT2D eigenvalue weighted by molar-refractivity contribution is 9.10. The van der Waals surface area contributed by atoms with Gasteiger partial charge in [0.15, 0.2) is 0 Å². The summed E-state index contributed by atoms with van der Waals surface area (Å²) in [4.78, 5) is 12.7. The molecule has 3 rings (SSSR count). The summed E-state index contributed by atoms with van der Waals surface area (Å²) in [5, 5.41) is 2.65. The Hall–Kier alpha value is -1.48. The maximum atomic E-state index is 13.1. The third-order valence-electron chi connectivity index (χ3n) is 4.12. The van der Waals surface area contributed by atoms with E-state index in [1.165, 1.54) is 28.6 Å². The van der Waals surface area contributed by atoms with Gasteiger partial charge < -0.3 is 5.32 Å². The molecule has 138 valence electrons. The predicted molar refractivity (Wildman–Crippen MR) is 101 cm³/mol. The van der Waals surface area contributed by atoms with Crippen molar-refractivity contribution in [3.63, 3.8) is 0 Å². The van der Waals surface area contributed by atoms with Crippen LogP contribution in [-0.2, 0) is 14.8 Å². The second-order valence-corrected chi connectivity index (χ2v) is 9.05. The molecule has 0 radical (unpaired) electrons. The molecule has 1 unspecified atom stereocenters. The highest BCUT2D eigenvalue weighted by Crippen LogP contribution is 2.29. The van der Waals surface area contributed by atoms with Crippen LogP contribution in [0.3, 0.4) is 0 Å². The second-order valence-electron chi connectivity index (χ2n) is 5.84. The average molecular weight is 462 g/mol. The topological polar surface area (TPSA) is 66.5 Å². The summed E-state index contributed by atoms with van der Waals surface area (Å²) in [6.07, 6.45) is 0.978. The first-order valence-corrected chi connectivity index (χ1v) is 10.4. The Morgan fingerprint density at radius 2 is 1.92 bits per heavy atom. The summed E-state index contributed by atoms with van der Waals surface area (Å²) < 4.78 is 40.9. The largest absolute Gasteiger partial charge is 0.323 e. The third kappa shape index (κ3) is 3.93. The molecule has 0 bridgehead atoms. The van der Waals surface area contributed by atoms with Gasteiger partial charge in [0.1, 0.15) is 11.9 Å². The van der Waals surface area contributed by atoms with Crippen molar-refractivity contribution in [1.82, 2.24) is 4.31 Å². The summed E-state index contributed by atoms with van der Waals surface area (Å²) in [6, 6.07) is 9.01. The fourth-order valence-electron chi connectivity index (χ4n) is 2.84. The van der Waals surface area contributed by atoms with Crippen molar-refractivity contribution in [2.45, 2.75) is 23.8 Å². The van der Waals surface area contributed by atoms with Crippen LogP contribution < -0.4 is 5.32 Å². The number of amides is 1. The number of sulfonamides is 1. The number of rotatable bonds is 4. The van der Waals surface area contributed by atoms with Gasteiger partial charge in [0.05, 0.1) is 15.6 Å². The van der Waals surface area contributed by atoms with Crippen LogP contribution in [0.1, 0.15) is 12.8 Å². The zero-order valence-electron chi connectivity index (χ0n) is 13.5. The molecule has 2 aromatic rings. The van der Waals surface area contributed by atoms with Crippen LogP contribution in [0, 0.1) is 5.82 Å². The summed E-state index contributed by atoms with van der Waals surface area (Å²) in [6.45, 7) is 0.258. The first-order valence-electron chi connectivity index (χ1n) is 7.82. The molecule has 1 N–H and O–H groups in total. The first-order chi connectivity index (χ1) is 12.3. The molecule has 9 heteroatoms. The minimum absolute atomic E-state index is 0.0543. The molecule has 5 nitrogen and oxygen atoms in total. The van der Waals surface area contributed by atoms with Gasteiger partial charge in [-0.1, -0.05) is 27.5 Å². The van der Waals surface area contributed by atoms with Gasteiger partial charge >= 0.3 is 0 Å². The fourth-order valence-corrected chi connectivity index (χ4v) is 4.97. The number of anilines is 1. The minimum Gasteiger partial charge on any atom is -0.323 e. The average Bonchev–Trinajstić information content (AvgIpc) is 3.08. The lowest BCUT2D eigenvalue weighted by Crippen LogP contribution is -2.43. The molecule has 0 aromatic heterocycles. The Morgan fingerprint density at radius 3 is 2.58 bits per heavy atom. The lowest BCUT2D eigenvalue weighted by atomic mass is 10.2. The molecule has 1 aliphatic heterocycles. The van der Waals surface area contributed by atoms with Crippen LogP contribution in [-0.4, -0.2) is 31.2 Å². The van der Waals surface area contributed by atoms with Crippen LogP contribution in [0.2, 0.25) is 5.02 Å². The van der Waals surface area contributed by atoms with Crippen LogP contribution in [0.25, 0.3) is 0 Å². The van der Waals surface area contributed by atoms with E-state index < -0.39 is 27.8 Å². The van der Waals surface area contributed by atoms with E-state index in [0.29, 0.717) is 12.8 Å². The summed E-state index contributed by atoms with van der Waals surface area (Å²) >= 11 is 9.19. The van der Waals surface area contributed by atoms with E-state index in [-0.39, 0.29) is 22.2 Å². The van der Waals surface area contributed by atoms with E-state index in [0.717, 1.165) is 10.5 Å². The maximum Gasteiger partial charge on any atom is 0.243 e. The van der Waals surface area contributed by atoms with Gasteiger partial charge in [-0.2, -0.15) is 4.31 Å². The van der Waals surface area contributed by atoms with Crippen molar-refractivity contribution in [2.75, 3.05) is 11.9 Å². The molecule has 1 amide bonds. The van der Waals surface area contributed by atoms with Gasteiger partial charge in [-0.15, -0.1) is 0 Å². The second kappa shape index (κ2) is 7.64. The maximum absolute atomic E-state index is 13.1. The van der Waals surface area contributed by atoms with E-state index in [4.69, 9.17) is 11.6 Å². The van der Waals surface area contributed by atoms with Crippen molar-refractivity contribution in [1.29, 1.82) is 0 Å². The number of benzene rings is 2. The Kier molecular flexibility index (Phi) is 5.67. The van der Waals surface area contributed by atoms with E-state index >= 15 is 0 Å². The SMILES string of the molecule is O=C(Nc1ccc(F)cc1Cl)C1CCCN1S(=O)(=O)c1ccc(Br)cc1. The lowest BCUT2D eigenvalue weighted by Gasteiger charge is -2.23. The molecule has 1 fully saturated rings. The Labute approximate surface area is 164 Å². The quantitative estimate of drug-likeness (QED) is 0.747. The van der Waals surface area contributed by atoms with Crippen molar-refractivity contribution < 1.29 is 17.6 Å². The highest BCUT2D eigenvalue weighted by atomic mass is 79.9. The van der Waals surface area contributed by atoms with E-state index in [9.17, 15) is 17.6 Å². The standard InChI is InChI=1S/C17H15BrClFN2O3S/c18-11-3-6-13(7-4-11)26(24,25)22-9-1-2-16(22)17(23)21-15-8-5-12(20)10-14(15)19/h3-8,10,16H,1-2,9H2,(H,21,23). The normalized spacial score (nSPS) is 18.0. The molecule has 2 aromatic carbocycles. The van der Waals surface area contributed by atoms with Gasteiger partial charge in [-0.3, -0.25) is 4.79 Å². The lowest BCUT2D eigenvalue weighted by molar-refractivity contribution is -0.119. The Balaban J connectivity index is 1.83. The number of hydrogen-bond donors (Lipinski definition) is 1. The molecule has 0 aliphatic carbocycles. The number of carbonyl (C=O) groups excluding carboxylic acids is 1. The number of carbonyl (C=O) groups is 1. The van der Waals surface area contributed by atoms with Gasteiger partial charge in [0.2, 0.25) is 15.9 Å². The van der Waals surface area contributed by atoms with E-state index in [1.54, 1.807) is 12.1 Å². The van der Waals surface area contributed by atoms with Crippen molar-refractivity contribution in [3.8, 4) is 0 Å². The van der Waals surface area contributed by atoms with Crippen molar-refractivity contribution in [2.24, 2.45) is 0 Å². The monoisotopic (exact) mass is 460 g/mol. The molecule has 26 heavy (non-hydrogen) atoms. The predicted octanol–water partition coefficient (Wildman–Crippen LogP) is 4.03. The van der Waals surface area contributed by atoms with Crippen LogP contribution >= 0.6 is 27.5 Å². The number of halogens is 3. The Morgan fingerprint density at radius 1 is 1.23 bits per heavy atom. The summed E-state index contributed by atoms with van der Waals surface area (Å²) in [7, 11) is -3.80. The van der Waals surface area contributed by atoms with Crippen LogP contribution in [0.4, 0.5) is 10.1 Å². The van der Waals surface area contributed by atoms with Gasteiger partial charge in [-0.05, 0) is 55.3 Å². The number of nitrogens with zero attached hydrogens (tertiary/aromatic N) is 1. The number of hydrogen-bond acceptors (Lipinski definition) is 3. The first kappa shape index (κ1) is 19.3. The highest BCUT2D eigenvalue weighted by Gasteiger charge is 2.39. The molecule has 1 aliphatic rings. The molecule has 0 saturated carbocycles. The fraction of sp³-hybridized carbons (Fsp3) is 0.235. The molecule has 1 atom stereocenters. The van der Waals surface area contributed by atoms with Crippen LogP contribution in [0.5, 0.6) is 0 Å². The molecule has 1 saturated heterocycles. The van der Waals surface area contributed by atoms with Gasteiger partial charge in [-0.25, -0.2) is 12.8 Å².